The second kappa shape index (κ2) is 8.14. The molecule has 1 aliphatic heterocycles. The van der Waals surface area contributed by atoms with Crippen LogP contribution < -0.4 is 5.32 Å². The van der Waals surface area contributed by atoms with E-state index in [4.69, 9.17) is 4.74 Å². The summed E-state index contributed by atoms with van der Waals surface area (Å²) in [4.78, 5) is 30.5. The van der Waals surface area contributed by atoms with E-state index in [1.165, 1.54) is 18.2 Å². The fourth-order valence-corrected chi connectivity index (χ4v) is 3.97. The molecule has 0 saturated carbocycles. The summed E-state index contributed by atoms with van der Waals surface area (Å²) in [5.41, 5.74) is 0.443. The molecule has 9 heteroatoms. The molecule has 2 atom stereocenters. The lowest BCUT2D eigenvalue weighted by atomic mass is 9.80. The average molecular weight is 443 g/mol. The van der Waals surface area contributed by atoms with Gasteiger partial charge in [0.25, 0.3) is 0 Å². The smallest absolute Gasteiger partial charge is 0.416 e. The van der Waals surface area contributed by atoms with Crippen LogP contribution in [0.3, 0.4) is 0 Å². The number of carbonyl (C=O) groups is 2. The highest BCUT2D eigenvalue weighted by atomic mass is 19.4. The Labute approximate surface area is 182 Å². The van der Waals surface area contributed by atoms with E-state index in [0.29, 0.717) is 17.1 Å². The van der Waals surface area contributed by atoms with Gasteiger partial charge in [0.05, 0.1) is 29.3 Å². The monoisotopic (exact) mass is 443 g/mol. The molecule has 1 aromatic heterocycles. The summed E-state index contributed by atoms with van der Waals surface area (Å²) in [6, 6.07) is 8.79. The van der Waals surface area contributed by atoms with Crippen molar-refractivity contribution in [2.75, 3.05) is 11.9 Å². The number of imidazole rings is 1. The summed E-state index contributed by atoms with van der Waals surface area (Å²) < 4.78 is 45.9. The maximum Gasteiger partial charge on any atom is 0.416 e. The number of aryl methyl sites for hydroxylation is 1. The van der Waals surface area contributed by atoms with Gasteiger partial charge in [0.2, 0.25) is 0 Å². The van der Waals surface area contributed by atoms with Gasteiger partial charge in [-0.1, -0.05) is 18.2 Å². The Bertz CT molecular complexity index is 1170. The van der Waals surface area contributed by atoms with Crippen LogP contribution in [0.1, 0.15) is 56.6 Å². The molecule has 166 valence electrons. The maximum atomic E-state index is 13.7. The summed E-state index contributed by atoms with van der Waals surface area (Å²) >= 11 is 0. The van der Waals surface area contributed by atoms with Gasteiger partial charge in [-0.2, -0.15) is 13.2 Å². The fraction of sp³-hybridized carbons (Fsp3) is 0.261. The summed E-state index contributed by atoms with van der Waals surface area (Å²) in [6.07, 6.45) is -1.24. The van der Waals surface area contributed by atoms with Crippen LogP contribution in [-0.2, 0) is 18.0 Å². The Balaban J connectivity index is 1.85. The summed E-state index contributed by atoms with van der Waals surface area (Å²) in [5, 5.41) is 3.24. The highest BCUT2D eigenvalue weighted by Crippen LogP contribution is 2.43. The molecule has 0 unspecified atom stereocenters. The summed E-state index contributed by atoms with van der Waals surface area (Å²) in [5.74, 6) is -1.42. The van der Waals surface area contributed by atoms with E-state index in [-0.39, 0.29) is 23.5 Å². The van der Waals surface area contributed by atoms with Gasteiger partial charge in [-0.05, 0) is 36.8 Å². The van der Waals surface area contributed by atoms with Gasteiger partial charge in [-0.3, -0.25) is 4.79 Å². The first-order chi connectivity index (χ1) is 15.2. The first-order valence-electron chi connectivity index (χ1n) is 9.97. The maximum absolute atomic E-state index is 13.7. The topological polar surface area (TPSA) is 73.2 Å². The number of ketones is 1. The first kappa shape index (κ1) is 21.6. The third-order valence-electron chi connectivity index (χ3n) is 5.47. The number of alkyl halides is 3. The first-order valence-corrected chi connectivity index (χ1v) is 9.97. The van der Waals surface area contributed by atoms with Crippen molar-refractivity contribution >= 4 is 17.4 Å². The zero-order chi connectivity index (χ0) is 23.0. The molecule has 0 amide bonds. The number of carbonyl (C=O) groups excluding carboxylic acids is 2. The van der Waals surface area contributed by atoms with Crippen molar-refractivity contribution in [3.63, 3.8) is 0 Å². The number of Topliss-reactive ketones (excluding diaryl/α,β-unsaturated/α-hetero) is 1. The van der Waals surface area contributed by atoms with Crippen LogP contribution in [-0.4, -0.2) is 27.9 Å². The number of ether oxygens (including phenoxy) is 1. The van der Waals surface area contributed by atoms with Crippen molar-refractivity contribution in [2.24, 2.45) is 7.05 Å². The molecule has 1 aliphatic rings. The lowest BCUT2D eigenvalue weighted by molar-refractivity contribution is -0.137. The highest BCUT2D eigenvalue weighted by Gasteiger charge is 2.42. The molecular weight excluding hydrogens is 423 g/mol. The number of rotatable bonds is 4. The van der Waals surface area contributed by atoms with Crippen molar-refractivity contribution in [3.05, 3.63) is 82.9 Å². The third kappa shape index (κ3) is 3.74. The number of nitrogens with zero attached hydrogens (tertiary/aromatic N) is 2. The summed E-state index contributed by atoms with van der Waals surface area (Å²) in [7, 11) is 1.73. The molecule has 2 heterocycles. The molecule has 4 rings (SSSR count). The lowest BCUT2D eigenvalue weighted by Gasteiger charge is -2.34. The predicted octanol–water partition coefficient (Wildman–Crippen LogP) is 4.75. The van der Waals surface area contributed by atoms with Gasteiger partial charge in [-0.15, -0.1) is 0 Å². The summed E-state index contributed by atoms with van der Waals surface area (Å²) in [6.45, 7) is 1.83. The lowest BCUT2D eigenvalue weighted by Crippen LogP contribution is -2.34. The number of anilines is 1. The zero-order valence-electron chi connectivity index (χ0n) is 17.3. The fourth-order valence-electron chi connectivity index (χ4n) is 3.97. The van der Waals surface area contributed by atoms with E-state index in [0.717, 1.165) is 12.1 Å². The molecule has 1 N–H and O–H groups in total. The van der Waals surface area contributed by atoms with Crippen LogP contribution in [0.15, 0.2) is 54.9 Å². The molecule has 0 radical (unpaired) electrons. The number of fused-ring (bicyclic) bond motifs is 1. The van der Waals surface area contributed by atoms with Gasteiger partial charge < -0.3 is 14.6 Å². The second-order valence-corrected chi connectivity index (χ2v) is 7.43. The molecule has 0 saturated heterocycles. The number of hydrogen-bond acceptors (Lipinski definition) is 5. The molecule has 0 aliphatic carbocycles. The second-order valence-electron chi connectivity index (χ2n) is 7.43. The number of aromatic nitrogens is 2. The Morgan fingerprint density at radius 2 is 1.91 bits per heavy atom. The van der Waals surface area contributed by atoms with E-state index in [1.54, 1.807) is 43.1 Å². The number of esters is 1. The predicted molar refractivity (Wildman–Crippen MR) is 110 cm³/mol. The zero-order valence-corrected chi connectivity index (χ0v) is 17.3. The van der Waals surface area contributed by atoms with Crippen LogP contribution in [0.25, 0.3) is 0 Å². The van der Waals surface area contributed by atoms with Gasteiger partial charge in [-0.25, -0.2) is 9.78 Å². The largest absolute Gasteiger partial charge is 0.462 e. The Morgan fingerprint density at radius 1 is 1.19 bits per heavy atom. The Kier molecular flexibility index (Phi) is 5.50. The molecule has 32 heavy (non-hydrogen) atoms. The van der Waals surface area contributed by atoms with Crippen molar-refractivity contribution in [1.82, 2.24) is 9.55 Å². The highest BCUT2D eigenvalue weighted by molar-refractivity contribution is 6.14. The van der Waals surface area contributed by atoms with Crippen LogP contribution in [0.2, 0.25) is 0 Å². The molecule has 0 spiro atoms. The van der Waals surface area contributed by atoms with Gasteiger partial charge in [0, 0.05) is 25.1 Å². The third-order valence-corrected chi connectivity index (χ3v) is 5.47. The van der Waals surface area contributed by atoms with Gasteiger partial charge >= 0.3 is 12.1 Å². The van der Waals surface area contributed by atoms with E-state index in [2.05, 4.69) is 10.3 Å². The molecular formula is C23H20F3N3O3. The Hall–Kier alpha value is -3.62. The van der Waals surface area contributed by atoms with E-state index in [1.807, 2.05) is 0 Å². The van der Waals surface area contributed by atoms with Crippen LogP contribution in [0, 0.1) is 0 Å². The van der Waals surface area contributed by atoms with Crippen molar-refractivity contribution in [3.8, 4) is 0 Å². The SMILES string of the molecule is CCOC(=O)c1cccc2c1C(=O)[C@@H](c1nccn1C)[C@H](c1ccc(C(F)(F)F)cc1)N2. The molecule has 0 fully saturated rings. The number of hydrogen-bond donors (Lipinski definition) is 1. The average Bonchev–Trinajstić information content (AvgIpc) is 3.18. The molecule has 3 aromatic rings. The Morgan fingerprint density at radius 3 is 2.50 bits per heavy atom. The minimum Gasteiger partial charge on any atom is -0.462 e. The van der Waals surface area contributed by atoms with Crippen molar-refractivity contribution in [2.45, 2.75) is 25.1 Å². The van der Waals surface area contributed by atoms with Crippen LogP contribution in [0.5, 0.6) is 0 Å². The number of halogens is 3. The molecule has 2 aromatic carbocycles. The standard InChI is InChI=1S/C23H20F3N3O3/c1-3-32-22(31)15-5-4-6-16-17(15)20(30)18(21-27-11-12-29(21)2)19(28-16)13-7-9-14(10-8-13)23(24,25)26/h4-12,18-19,28H,3H2,1-2H3/t18-,19-/m0/s1. The minimum absolute atomic E-state index is 0.131. The van der Waals surface area contributed by atoms with Gasteiger partial charge in [0.1, 0.15) is 11.7 Å². The number of nitrogens with one attached hydrogen (secondary N) is 1. The van der Waals surface area contributed by atoms with E-state index < -0.39 is 29.7 Å². The van der Waals surface area contributed by atoms with Crippen molar-refractivity contribution in [1.29, 1.82) is 0 Å². The normalized spacial score (nSPS) is 18.1. The van der Waals surface area contributed by atoms with E-state index in [9.17, 15) is 22.8 Å². The van der Waals surface area contributed by atoms with Gasteiger partial charge in [0.15, 0.2) is 5.78 Å². The van der Waals surface area contributed by atoms with E-state index >= 15 is 0 Å². The quantitative estimate of drug-likeness (QED) is 0.590. The number of benzene rings is 2. The van der Waals surface area contributed by atoms with Crippen LogP contribution in [0.4, 0.5) is 18.9 Å². The van der Waals surface area contributed by atoms with Crippen LogP contribution >= 0.6 is 0 Å². The van der Waals surface area contributed by atoms with Crippen molar-refractivity contribution < 1.29 is 27.5 Å². The molecule has 0 bridgehead atoms. The minimum atomic E-state index is -4.46. The molecule has 6 nitrogen and oxygen atoms in total.